The van der Waals surface area contributed by atoms with Crippen LogP contribution in [0.25, 0.3) is 21.7 Å². The molecule has 1 aromatic carbocycles. The van der Waals surface area contributed by atoms with Gasteiger partial charge in [0, 0.05) is 5.69 Å². The summed E-state index contributed by atoms with van der Waals surface area (Å²) in [5.74, 6) is -0.707. The zero-order valence-corrected chi connectivity index (χ0v) is 15.5. The monoisotopic (exact) mass is 381 g/mol. The van der Waals surface area contributed by atoms with Gasteiger partial charge in [0.1, 0.15) is 11.3 Å². The number of thiophene rings is 1. The number of fused-ring (bicyclic) bond motifs is 1. The van der Waals surface area contributed by atoms with Gasteiger partial charge in [-0.1, -0.05) is 11.3 Å². The van der Waals surface area contributed by atoms with Crippen molar-refractivity contribution in [2.45, 2.75) is 19.9 Å². The molecule has 0 aliphatic carbocycles. The molecule has 27 heavy (non-hydrogen) atoms. The summed E-state index contributed by atoms with van der Waals surface area (Å²) >= 11 is 1.54. The number of anilines is 1. The molecular weight excluding hydrogens is 365 g/mol. The third-order valence-electron chi connectivity index (χ3n) is 4.04. The zero-order chi connectivity index (χ0) is 19.0. The number of carbonyl (C=O) groups is 1. The van der Waals surface area contributed by atoms with Gasteiger partial charge in [-0.15, -0.1) is 16.4 Å². The molecule has 0 aliphatic rings. The van der Waals surface area contributed by atoms with Crippen LogP contribution in [0.4, 0.5) is 10.1 Å². The van der Waals surface area contributed by atoms with Crippen molar-refractivity contribution in [3.05, 3.63) is 59.2 Å². The van der Waals surface area contributed by atoms with E-state index in [9.17, 15) is 9.18 Å². The Labute approximate surface area is 158 Å². The molecule has 0 fully saturated rings. The van der Waals surface area contributed by atoms with Crippen LogP contribution in [0.3, 0.4) is 0 Å². The van der Waals surface area contributed by atoms with Crippen molar-refractivity contribution < 1.29 is 9.18 Å². The lowest BCUT2D eigenvalue weighted by atomic mass is 10.1. The van der Waals surface area contributed by atoms with Gasteiger partial charge in [0.15, 0.2) is 5.65 Å². The Morgan fingerprint density at radius 2 is 2.00 bits per heavy atom. The first-order valence-corrected chi connectivity index (χ1v) is 9.27. The molecule has 3 heterocycles. The second kappa shape index (κ2) is 6.88. The first-order valence-electron chi connectivity index (χ1n) is 8.39. The summed E-state index contributed by atoms with van der Waals surface area (Å²) in [6.45, 7) is 3.96. The molecule has 0 radical (unpaired) electrons. The van der Waals surface area contributed by atoms with Crippen molar-refractivity contribution in [2.75, 3.05) is 5.32 Å². The molecule has 0 bridgehead atoms. The molecule has 0 saturated carbocycles. The largest absolute Gasteiger partial charge is 0.322 e. The van der Waals surface area contributed by atoms with E-state index in [1.165, 1.54) is 24.3 Å². The number of aromatic nitrogens is 4. The van der Waals surface area contributed by atoms with Gasteiger partial charge in [-0.05, 0) is 55.6 Å². The minimum Gasteiger partial charge on any atom is -0.322 e. The molecule has 0 unspecified atom stereocenters. The van der Waals surface area contributed by atoms with E-state index in [1.54, 1.807) is 22.1 Å². The third kappa shape index (κ3) is 3.31. The summed E-state index contributed by atoms with van der Waals surface area (Å²) < 4.78 is 14.8. The van der Waals surface area contributed by atoms with Crippen LogP contribution in [-0.4, -0.2) is 25.9 Å². The molecule has 8 heteroatoms. The van der Waals surface area contributed by atoms with E-state index < -0.39 is 0 Å². The Bertz CT molecular complexity index is 1100. The molecule has 0 spiro atoms. The number of pyridine rings is 1. The average molecular weight is 381 g/mol. The number of halogens is 1. The first-order chi connectivity index (χ1) is 13.0. The highest BCUT2D eigenvalue weighted by atomic mass is 32.1. The van der Waals surface area contributed by atoms with Gasteiger partial charge in [0.25, 0.3) is 5.91 Å². The smallest absolute Gasteiger partial charge is 0.258 e. The summed E-state index contributed by atoms with van der Waals surface area (Å²) in [5.41, 5.74) is 2.55. The van der Waals surface area contributed by atoms with Crippen molar-refractivity contribution in [3.63, 3.8) is 0 Å². The fourth-order valence-corrected chi connectivity index (χ4v) is 3.41. The van der Waals surface area contributed by atoms with Crippen molar-refractivity contribution in [1.29, 1.82) is 0 Å². The molecular formula is C19H16FN5OS. The van der Waals surface area contributed by atoms with E-state index >= 15 is 0 Å². The second-order valence-corrected chi connectivity index (χ2v) is 7.24. The highest BCUT2D eigenvalue weighted by Gasteiger charge is 2.20. The van der Waals surface area contributed by atoms with Crippen LogP contribution in [0.5, 0.6) is 0 Å². The van der Waals surface area contributed by atoms with Gasteiger partial charge in [0.2, 0.25) is 0 Å². The van der Waals surface area contributed by atoms with Gasteiger partial charge >= 0.3 is 0 Å². The van der Waals surface area contributed by atoms with E-state index in [0.717, 1.165) is 4.88 Å². The molecule has 0 atom stereocenters. The van der Waals surface area contributed by atoms with E-state index in [4.69, 9.17) is 0 Å². The van der Waals surface area contributed by atoms with Crippen LogP contribution in [0.2, 0.25) is 0 Å². The number of carbonyl (C=O) groups excluding carboxylic acids is 1. The SMILES string of the molecule is CC(C)n1nnc2c(C(=O)Nc3ccc(F)cc3)cc(-c3cccs3)nc21. The summed E-state index contributed by atoms with van der Waals surface area (Å²) in [7, 11) is 0. The van der Waals surface area contributed by atoms with E-state index in [0.29, 0.717) is 28.1 Å². The Hall–Kier alpha value is -3.13. The summed E-state index contributed by atoms with van der Waals surface area (Å²) in [6, 6.07) is 11.3. The fourth-order valence-electron chi connectivity index (χ4n) is 2.72. The van der Waals surface area contributed by atoms with Crippen LogP contribution in [0, 0.1) is 5.82 Å². The lowest BCUT2D eigenvalue weighted by Crippen LogP contribution is -2.13. The van der Waals surface area contributed by atoms with E-state index in [1.807, 2.05) is 31.4 Å². The Morgan fingerprint density at radius 3 is 2.67 bits per heavy atom. The minimum absolute atomic E-state index is 0.0501. The summed E-state index contributed by atoms with van der Waals surface area (Å²) in [5, 5.41) is 13.1. The maximum Gasteiger partial charge on any atom is 0.258 e. The molecule has 1 N–H and O–H groups in total. The predicted molar refractivity (Wildman–Crippen MR) is 103 cm³/mol. The van der Waals surface area contributed by atoms with Gasteiger partial charge in [-0.2, -0.15) is 0 Å². The molecule has 3 aromatic heterocycles. The molecule has 136 valence electrons. The number of hydrogen-bond acceptors (Lipinski definition) is 5. The number of hydrogen-bond donors (Lipinski definition) is 1. The van der Waals surface area contributed by atoms with Crippen molar-refractivity contribution in [3.8, 4) is 10.6 Å². The Balaban J connectivity index is 1.82. The first kappa shape index (κ1) is 17.3. The molecule has 4 rings (SSSR count). The maximum absolute atomic E-state index is 13.1. The minimum atomic E-state index is -0.362. The fraction of sp³-hybridized carbons (Fsp3) is 0.158. The molecule has 1 amide bonds. The zero-order valence-electron chi connectivity index (χ0n) is 14.7. The Kier molecular flexibility index (Phi) is 4.41. The van der Waals surface area contributed by atoms with Gasteiger partial charge in [0.05, 0.1) is 22.2 Å². The van der Waals surface area contributed by atoms with Crippen molar-refractivity contribution >= 4 is 34.1 Å². The second-order valence-electron chi connectivity index (χ2n) is 6.29. The normalized spacial score (nSPS) is 11.3. The van der Waals surface area contributed by atoms with Crippen LogP contribution in [0.1, 0.15) is 30.2 Å². The summed E-state index contributed by atoms with van der Waals surface area (Å²) in [4.78, 5) is 18.5. The lowest BCUT2D eigenvalue weighted by Gasteiger charge is -2.09. The van der Waals surface area contributed by atoms with Crippen LogP contribution < -0.4 is 5.32 Å². The number of rotatable bonds is 4. The van der Waals surface area contributed by atoms with E-state index in [-0.39, 0.29) is 17.8 Å². The predicted octanol–water partition coefficient (Wildman–Crippen LogP) is 4.53. The van der Waals surface area contributed by atoms with Crippen molar-refractivity contribution in [1.82, 2.24) is 20.0 Å². The third-order valence-corrected chi connectivity index (χ3v) is 4.93. The van der Waals surface area contributed by atoms with E-state index in [2.05, 4.69) is 20.6 Å². The standard InChI is InChI=1S/C19H16FN5OS/c1-11(2)25-18-17(23-24-25)14(10-15(22-18)16-4-3-9-27-16)19(26)21-13-7-5-12(20)6-8-13/h3-11H,1-2H3,(H,21,26). The quantitative estimate of drug-likeness (QED) is 0.564. The molecule has 6 nitrogen and oxygen atoms in total. The molecule has 4 aromatic rings. The Morgan fingerprint density at radius 1 is 1.22 bits per heavy atom. The number of benzene rings is 1. The molecule has 0 aliphatic heterocycles. The number of amides is 1. The average Bonchev–Trinajstić information content (AvgIpc) is 3.32. The maximum atomic E-state index is 13.1. The molecule has 0 saturated heterocycles. The highest BCUT2D eigenvalue weighted by Crippen LogP contribution is 2.28. The highest BCUT2D eigenvalue weighted by molar-refractivity contribution is 7.13. The van der Waals surface area contributed by atoms with Gasteiger partial charge in [-0.25, -0.2) is 14.1 Å². The number of nitrogens with one attached hydrogen (secondary N) is 1. The van der Waals surface area contributed by atoms with Gasteiger partial charge in [-0.3, -0.25) is 4.79 Å². The van der Waals surface area contributed by atoms with Crippen LogP contribution >= 0.6 is 11.3 Å². The van der Waals surface area contributed by atoms with Gasteiger partial charge < -0.3 is 5.32 Å². The lowest BCUT2D eigenvalue weighted by molar-refractivity contribution is 0.102. The van der Waals surface area contributed by atoms with Crippen LogP contribution in [-0.2, 0) is 0 Å². The topological polar surface area (TPSA) is 72.7 Å². The van der Waals surface area contributed by atoms with Crippen LogP contribution in [0.15, 0.2) is 47.8 Å². The van der Waals surface area contributed by atoms with Crippen molar-refractivity contribution in [2.24, 2.45) is 0 Å². The summed E-state index contributed by atoms with van der Waals surface area (Å²) in [6.07, 6.45) is 0. The number of nitrogens with zero attached hydrogens (tertiary/aromatic N) is 4.